The maximum atomic E-state index is 13.0. The molecule has 0 aromatic heterocycles. The highest BCUT2D eigenvalue weighted by Gasteiger charge is 2.38. The number of nitrogens with one attached hydrogen (secondary N) is 1. The van der Waals surface area contributed by atoms with E-state index in [2.05, 4.69) is 42.6 Å². The fourth-order valence-corrected chi connectivity index (χ4v) is 4.20. The maximum Gasteiger partial charge on any atom is 0.420 e. The van der Waals surface area contributed by atoms with Gasteiger partial charge in [-0.2, -0.15) is 0 Å². The average Bonchev–Trinajstić information content (AvgIpc) is 3.58. The first-order valence-electron chi connectivity index (χ1n) is 13.2. The molecule has 0 saturated heterocycles. The molecule has 2 unspecified atom stereocenters. The quantitative estimate of drug-likeness (QED) is 0.406. The van der Waals surface area contributed by atoms with Crippen LogP contribution < -0.4 is 5.32 Å². The van der Waals surface area contributed by atoms with Crippen molar-refractivity contribution < 1.29 is 19.1 Å². The lowest BCUT2D eigenvalue weighted by molar-refractivity contribution is -0.000290. The highest BCUT2D eigenvalue weighted by atomic mass is 16.6. The molecule has 0 radical (unpaired) electrons. The van der Waals surface area contributed by atoms with E-state index in [1.165, 1.54) is 11.1 Å². The lowest BCUT2D eigenvalue weighted by atomic mass is 10.0. The minimum atomic E-state index is -0.732. The summed E-state index contributed by atoms with van der Waals surface area (Å²) >= 11 is 0. The molecule has 2 aromatic rings. The molecular weight excluding hydrogens is 464 g/mol. The molecule has 6 heteroatoms. The summed E-state index contributed by atoms with van der Waals surface area (Å²) in [5.74, 6) is 0.525. The van der Waals surface area contributed by atoms with Crippen molar-refractivity contribution in [2.75, 3.05) is 0 Å². The normalized spacial score (nSPS) is 17.8. The van der Waals surface area contributed by atoms with Gasteiger partial charge in [-0.05, 0) is 77.0 Å². The number of hydrogen-bond acceptors (Lipinski definition) is 5. The smallest absolute Gasteiger partial charge is 0.420 e. The number of imide groups is 1. The number of carbonyl (C=O) groups excluding carboxylic acids is 2. The molecule has 1 fully saturated rings. The van der Waals surface area contributed by atoms with E-state index in [1.807, 2.05) is 30.3 Å². The lowest BCUT2D eigenvalue weighted by Gasteiger charge is -2.29. The lowest BCUT2D eigenvalue weighted by Crippen LogP contribution is -2.43. The molecule has 3 rings (SSSR count). The van der Waals surface area contributed by atoms with Crippen molar-refractivity contribution in [3.63, 3.8) is 0 Å². The van der Waals surface area contributed by atoms with E-state index in [1.54, 1.807) is 41.5 Å². The SMILES string of the molecule is CCC(=Cc1ccccc1)C1CC1NCc1ccccc1CN(C(=O)OC(C)(C)C)C(=O)OC(C)(C)C. The number of benzene rings is 2. The Morgan fingerprint density at radius 2 is 1.43 bits per heavy atom. The van der Waals surface area contributed by atoms with E-state index in [0.717, 1.165) is 28.9 Å². The van der Waals surface area contributed by atoms with Crippen LogP contribution >= 0.6 is 0 Å². The molecule has 1 aliphatic carbocycles. The topological polar surface area (TPSA) is 67.9 Å². The van der Waals surface area contributed by atoms with Crippen LogP contribution in [0, 0.1) is 5.92 Å². The summed E-state index contributed by atoms with van der Waals surface area (Å²) in [5.41, 5.74) is 3.14. The fraction of sp³-hybridized carbons (Fsp3) is 0.484. The van der Waals surface area contributed by atoms with Gasteiger partial charge >= 0.3 is 12.2 Å². The van der Waals surface area contributed by atoms with Crippen LogP contribution in [-0.2, 0) is 22.6 Å². The summed E-state index contributed by atoms with van der Waals surface area (Å²) in [7, 11) is 0. The van der Waals surface area contributed by atoms with Crippen LogP contribution in [-0.4, -0.2) is 34.3 Å². The van der Waals surface area contributed by atoms with Crippen molar-refractivity contribution >= 4 is 18.3 Å². The molecule has 1 N–H and O–H groups in total. The molecule has 2 atom stereocenters. The van der Waals surface area contributed by atoms with Crippen LogP contribution in [0.15, 0.2) is 60.2 Å². The fourth-order valence-electron chi connectivity index (χ4n) is 4.20. The average molecular weight is 507 g/mol. The van der Waals surface area contributed by atoms with Crippen LogP contribution in [0.25, 0.3) is 6.08 Å². The highest BCUT2D eigenvalue weighted by molar-refractivity contribution is 5.88. The number of rotatable bonds is 8. The van der Waals surface area contributed by atoms with E-state index < -0.39 is 23.4 Å². The molecule has 0 spiro atoms. The molecule has 2 aromatic carbocycles. The monoisotopic (exact) mass is 506 g/mol. The van der Waals surface area contributed by atoms with Crippen molar-refractivity contribution in [2.24, 2.45) is 5.92 Å². The maximum absolute atomic E-state index is 13.0. The largest absolute Gasteiger partial charge is 0.443 e. The third kappa shape index (κ3) is 9.04. The minimum absolute atomic E-state index is 0.0733. The Morgan fingerprint density at radius 1 is 0.892 bits per heavy atom. The molecule has 2 amide bonds. The van der Waals surface area contributed by atoms with Crippen molar-refractivity contribution in [2.45, 2.75) is 91.6 Å². The molecule has 0 aliphatic heterocycles. The second-order valence-corrected chi connectivity index (χ2v) is 11.6. The van der Waals surface area contributed by atoms with Gasteiger partial charge in [0.25, 0.3) is 0 Å². The predicted octanol–water partition coefficient (Wildman–Crippen LogP) is 7.33. The van der Waals surface area contributed by atoms with Gasteiger partial charge in [-0.3, -0.25) is 0 Å². The van der Waals surface area contributed by atoms with Crippen molar-refractivity contribution in [1.82, 2.24) is 10.2 Å². The summed E-state index contributed by atoms with van der Waals surface area (Å²) in [6.07, 6.45) is 3.00. The highest BCUT2D eigenvalue weighted by Crippen LogP contribution is 2.40. The first-order valence-corrected chi connectivity index (χ1v) is 13.2. The van der Waals surface area contributed by atoms with Gasteiger partial charge in [-0.25, -0.2) is 14.5 Å². The van der Waals surface area contributed by atoms with Gasteiger partial charge in [-0.1, -0.05) is 73.2 Å². The molecule has 1 saturated carbocycles. The zero-order chi connectivity index (χ0) is 27.2. The van der Waals surface area contributed by atoms with E-state index in [-0.39, 0.29) is 6.54 Å². The van der Waals surface area contributed by atoms with E-state index in [4.69, 9.17) is 9.47 Å². The van der Waals surface area contributed by atoms with E-state index in [0.29, 0.717) is 18.5 Å². The molecule has 6 nitrogen and oxygen atoms in total. The van der Waals surface area contributed by atoms with Gasteiger partial charge in [0.15, 0.2) is 0 Å². The summed E-state index contributed by atoms with van der Waals surface area (Å²) < 4.78 is 11.0. The van der Waals surface area contributed by atoms with Crippen LogP contribution in [0.5, 0.6) is 0 Å². The number of nitrogens with zero attached hydrogens (tertiary/aromatic N) is 1. The Hall–Kier alpha value is -3.12. The van der Waals surface area contributed by atoms with Gasteiger partial charge in [-0.15, -0.1) is 0 Å². The van der Waals surface area contributed by atoms with Gasteiger partial charge in [0.1, 0.15) is 11.2 Å². The molecule has 1 aliphatic rings. The third-order valence-corrected chi connectivity index (χ3v) is 6.06. The molecule has 0 heterocycles. The summed E-state index contributed by atoms with van der Waals surface area (Å²) in [4.78, 5) is 27.0. The zero-order valence-electron chi connectivity index (χ0n) is 23.3. The van der Waals surface area contributed by atoms with Crippen LogP contribution in [0.2, 0.25) is 0 Å². The Bertz CT molecular complexity index is 1070. The van der Waals surface area contributed by atoms with Crippen molar-refractivity contribution in [3.8, 4) is 0 Å². The van der Waals surface area contributed by atoms with Crippen LogP contribution in [0.4, 0.5) is 9.59 Å². The molecule has 200 valence electrons. The Morgan fingerprint density at radius 3 is 1.97 bits per heavy atom. The number of carbonyl (C=O) groups is 2. The van der Waals surface area contributed by atoms with Crippen molar-refractivity contribution in [1.29, 1.82) is 0 Å². The first-order chi connectivity index (χ1) is 17.4. The number of hydrogen-bond donors (Lipinski definition) is 1. The number of amides is 2. The van der Waals surface area contributed by atoms with E-state index >= 15 is 0 Å². The predicted molar refractivity (Wildman–Crippen MR) is 148 cm³/mol. The molecular formula is C31H42N2O4. The van der Waals surface area contributed by atoms with Gasteiger partial charge in [0.05, 0.1) is 6.54 Å². The zero-order valence-corrected chi connectivity index (χ0v) is 23.3. The summed E-state index contributed by atoms with van der Waals surface area (Å²) in [5, 5.41) is 3.68. The Kier molecular flexibility index (Phi) is 9.19. The summed E-state index contributed by atoms with van der Waals surface area (Å²) in [6, 6.07) is 18.7. The third-order valence-electron chi connectivity index (χ3n) is 6.06. The van der Waals surface area contributed by atoms with Gasteiger partial charge in [0.2, 0.25) is 0 Å². The molecule has 0 bridgehead atoms. The second kappa shape index (κ2) is 12.0. The Labute approximate surface area is 222 Å². The second-order valence-electron chi connectivity index (χ2n) is 11.6. The van der Waals surface area contributed by atoms with Crippen molar-refractivity contribution in [3.05, 3.63) is 76.9 Å². The summed E-state index contributed by atoms with van der Waals surface area (Å²) in [6.45, 7) is 13.6. The Balaban J connectivity index is 1.70. The van der Waals surface area contributed by atoms with Crippen LogP contribution in [0.1, 0.15) is 78.0 Å². The first kappa shape index (κ1) is 28.5. The standard InChI is InChI=1S/C31H42N2O4/c1-8-23(18-22-14-10-9-11-15-22)26-19-27(26)32-20-24-16-12-13-17-25(24)21-33(28(34)36-30(2,3)4)29(35)37-31(5,6)7/h9-18,26-27,32H,8,19-21H2,1-7H3. The minimum Gasteiger partial charge on any atom is -0.443 e. The van der Waals surface area contributed by atoms with Gasteiger partial charge < -0.3 is 14.8 Å². The number of ether oxygens (including phenoxy) is 2. The van der Waals surface area contributed by atoms with E-state index in [9.17, 15) is 9.59 Å². The van der Waals surface area contributed by atoms with Crippen LogP contribution in [0.3, 0.4) is 0 Å². The van der Waals surface area contributed by atoms with Gasteiger partial charge in [0, 0.05) is 12.6 Å². The molecule has 37 heavy (non-hydrogen) atoms.